The second kappa shape index (κ2) is 5.59. The van der Waals surface area contributed by atoms with Crippen LogP contribution in [0.15, 0.2) is 24.3 Å². The van der Waals surface area contributed by atoms with E-state index in [1.165, 1.54) is 0 Å². The fraction of sp³-hybridized carbons (Fsp3) is 0.500. The first-order valence-electron chi connectivity index (χ1n) is 6.43. The molecule has 104 valence electrons. The number of piperazine rings is 1. The van der Waals surface area contributed by atoms with E-state index in [1.54, 1.807) is 20.1 Å². The first-order chi connectivity index (χ1) is 9.10. The van der Waals surface area contributed by atoms with Gasteiger partial charge in [0.2, 0.25) is 0 Å². The number of carbonyl (C=O) groups is 1. The van der Waals surface area contributed by atoms with Crippen LogP contribution < -0.4 is 10.1 Å². The minimum atomic E-state index is -1.06. The molecular formula is C14H20N2O3. The lowest BCUT2D eigenvalue weighted by Gasteiger charge is -2.41. The lowest BCUT2D eigenvalue weighted by atomic mass is 9.88. The van der Waals surface area contributed by atoms with Gasteiger partial charge in [-0.25, -0.2) is 4.79 Å². The average Bonchev–Trinajstić information content (AvgIpc) is 2.47. The van der Waals surface area contributed by atoms with Crippen LogP contribution in [-0.2, 0) is 10.3 Å². The number of rotatable bonds is 4. The standard InChI is InChI=1S/C14H20N2O3/c1-14(13(17)18,16-9-7-15-8-10-16)11-5-3-4-6-12(11)19-2/h3-6,15H,7-10H2,1-2H3,(H,17,18). The molecule has 0 amide bonds. The van der Waals surface area contributed by atoms with Gasteiger partial charge in [0.05, 0.1) is 7.11 Å². The number of carboxylic acid groups (broad SMARTS) is 1. The second-order valence-corrected chi connectivity index (χ2v) is 4.81. The summed E-state index contributed by atoms with van der Waals surface area (Å²) in [5.74, 6) is -0.232. The highest BCUT2D eigenvalue weighted by atomic mass is 16.5. The maximum Gasteiger partial charge on any atom is 0.328 e. The normalized spacial score (nSPS) is 19.7. The number of para-hydroxylation sites is 1. The van der Waals surface area contributed by atoms with Gasteiger partial charge in [-0.05, 0) is 13.0 Å². The third-order valence-corrected chi connectivity index (χ3v) is 3.80. The topological polar surface area (TPSA) is 61.8 Å². The van der Waals surface area contributed by atoms with Gasteiger partial charge in [-0.15, -0.1) is 0 Å². The highest BCUT2D eigenvalue weighted by Gasteiger charge is 2.43. The third kappa shape index (κ3) is 2.43. The zero-order valence-corrected chi connectivity index (χ0v) is 11.3. The monoisotopic (exact) mass is 264 g/mol. The SMILES string of the molecule is COc1ccccc1C(C)(C(=O)O)N1CCNCC1. The maximum atomic E-state index is 11.9. The molecule has 1 aromatic rings. The molecule has 5 nitrogen and oxygen atoms in total. The van der Waals surface area contributed by atoms with Crippen LogP contribution in [-0.4, -0.2) is 49.3 Å². The highest BCUT2D eigenvalue weighted by Crippen LogP contribution is 2.35. The van der Waals surface area contributed by atoms with E-state index in [1.807, 2.05) is 23.1 Å². The van der Waals surface area contributed by atoms with Crippen molar-refractivity contribution >= 4 is 5.97 Å². The molecule has 0 bridgehead atoms. The molecule has 1 fully saturated rings. The summed E-state index contributed by atoms with van der Waals surface area (Å²) in [5, 5.41) is 13.0. The van der Waals surface area contributed by atoms with E-state index in [2.05, 4.69) is 5.32 Å². The molecule has 0 aromatic heterocycles. The number of hydrogen-bond donors (Lipinski definition) is 2. The summed E-state index contributed by atoms with van der Waals surface area (Å²) in [7, 11) is 1.57. The number of nitrogens with one attached hydrogen (secondary N) is 1. The summed E-state index contributed by atoms with van der Waals surface area (Å²) in [6.45, 7) is 4.77. The largest absolute Gasteiger partial charge is 0.496 e. The predicted octanol–water partition coefficient (Wildman–Crippen LogP) is 0.900. The Balaban J connectivity index is 2.46. The summed E-state index contributed by atoms with van der Waals surface area (Å²) in [6.07, 6.45) is 0. The molecule has 1 heterocycles. The van der Waals surface area contributed by atoms with Crippen molar-refractivity contribution in [1.82, 2.24) is 10.2 Å². The van der Waals surface area contributed by atoms with Gasteiger partial charge in [-0.3, -0.25) is 4.90 Å². The van der Waals surface area contributed by atoms with Gasteiger partial charge in [0.15, 0.2) is 0 Å². The first-order valence-corrected chi connectivity index (χ1v) is 6.43. The van der Waals surface area contributed by atoms with Crippen molar-refractivity contribution in [1.29, 1.82) is 0 Å². The minimum absolute atomic E-state index is 0.617. The molecule has 1 aliphatic rings. The maximum absolute atomic E-state index is 11.9. The summed E-state index contributed by atoms with van der Waals surface area (Å²) in [5.41, 5.74) is -0.360. The zero-order chi connectivity index (χ0) is 13.9. The number of methoxy groups -OCH3 is 1. The van der Waals surface area contributed by atoms with Crippen LogP contribution >= 0.6 is 0 Å². The van der Waals surface area contributed by atoms with E-state index < -0.39 is 11.5 Å². The molecule has 2 N–H and O–H groups in total. The average molecular weight is 264 g/mol. The molecule has 0 saturated carbocycles. The van der Waals surface area contributed by atoms with Gasteiger partial charge in [-0.2, -0.15) is 0 Å². The molecule has 0 radical (unpaired) electrons. The molecule has 1 aromatic carbocycles. The van der Waals surface area contributed by atoms with Gasteiger partial charge in [0, 0.05) is 31.7 Å². The lowest BCUT2D eigenvalue weighted by Crippen LogP contribution is -2.56. The predicted molar refractivity (Wildman–Crippen MR) is 72.4 cm³/mol. The van der Waals surface area contributed by atoms with Crippen LogP contribution in [0, 0.1) is 0 Å². The van der Waals surface area contributed by atoms with Gasteiger partial charge < -0.3 is 15.2 Å². The quantitative estimate of drug-likeness (QED) is 0.846. The van der Waals surface area contributed by atoms with Gasteiger partial charge in [0.25, 0.3) is 0 Å². The van der Waals surface area contributed by atoms with Gasteiger partial charge in [0.1, 0.15) is 11.3 Å². The number of carboxylic acids is 1. The summed E-state index contributed by atoms with van der Waals surface area (Å²) >= 11 is 0. The van der Waals surface area contributed by atoms with Crippen LogP contribution in [0.1, 0.15) is 12.5 Å². The molecule has 0 aliphatic carbocycles. The second-order valence-electron chi connectivity index (χ2n) is 4.81. The molecular weight excluding hydrogens is 244 g/mol. The molecule has 1 aliphatic heterocycles. The highest BCUT2D eigenvalue weighted by molar-refractivity contribution is 5.81. The number of ether oxygens (including phenoxy) is 1. The van der Waals surface area contributed by atoms with E-state index in [0.717, 1.165) is 13.1 Å². The van der Waals surface area contributed by atoms with Crippen molar-refractivity contribution in [3.63, 3.8) is 0 Å². The summed E-state index contributed by atoms with van der Waals surface area (Å²) in [6, 6.07) is 7.33. The Morgan fingerprint density at radius 3 is 2.58 bits per heavy atom. The van der Waals surface area contributed by atoms with Crippen LogP contribution in [0.25, 0.3) is 0 Å². The fourth-order valence-corrected chi connectivity index (χ4v) is 2.58. The minimum Gasteiger partial charge on any atom is -0.496 e. The van der Waals surface area contributed by atoms with Gasteiger partial charge >= 0.3 is 5.97 Å². The van der Waals surface area contributed by atoms with Crippen molar-refractivity contribution < 1.29 is 14.6 Å². The van der Waals surface area contributed by atoms with Crippen molar-refractivity contribution in [2.45, 2.75) is 12.5 Å². The molecule has 2 rings (SSSR count). The molecule has 1 saturated heterocycles. The number of hydrogen-bond acceptors (Lipinski definition) is 4. The van der Waals surface area contributed by atoms with E-state index in [4.69, 9.17) is 4.74 Å². The van der Waals surface area contributed by atoms with Crippen molar-refractivity contribution in [2.75, 3.05) is 33.3 Å². The summed E-state index contributed by atoms with van der Waals surface area (Å²) < 4.78 is 5.33. The van der Waals surface area contributed by atoms with Crippen LogP contribution in [0.4, 0.5) is 0 Å². The Hall–Kier alpha value is -1.59. The molecule has 1 unspecified atom stereocenters. The molecule has 0 spiro atoms. The Morgan fingerprint density at radius 1 is 1.37 bits per heavy atom. The first kappa shape index (κ1) is 13.8. The van der Waals surface area contributed by atoms with Crippen LogP contribution in [0.3, 0.4) is 0 Å². The summed E-state index contributed by atoms with van der Waals surface area (Å²) in [4.78, 5) is 13.9. The molecule has 1 atom stereocenters. The third-order valence-electron chi connectivity index (χ3n) is 3.80. The van der Waals surface area contributed by atoms with E-state index in [0.29, 0.717) is 24.4 Å². The Kier molecular flexibility index (Phi) is 4.07. The van der Waals surface area contributed by atoms with Crippen molar-refractivity contribution in [2.24, 2.45) is 0 Å². The number of benzene rings is 1. The number of nitrogens with zero attached hydrogens (tertiary/aromatic N) is 1. The van der Waals surface area contributed by atoms with Crippen molar-refractivity contribution in [3.05, 3.63) is 29.8 Å². The van der Waals surface area contributed by atoms with Crippen LogP contribution in [0.5, 0.6) is 5.75 Å². The molecule has 5 heteroatoms. The Morgan fingerprint density at radius 2 is 2.00 bits per heavy atom. The van der Waals surface area contributed by atoms with E-state index in [-0.39, 0.29) is 0 Å². The smallest absolute Gasteiger partial charge is 0.328 e. The Bertz CT molecular complexity index is 458. The number of aliphatic carboxylic acids is 1. The van der Waals surface area contributed by atoms with Gasteiger partial charge in [-0.1, -0.05) is 18.2 Å². The zero-order valence-electron chi connectivity index (χ0n) is 11.3. The fourth-order valence-electron chi connectivity index (χ4n) is 2.58. The van der Waals surface area contributed by atoms with Crippen LogP contribution in [0.2, 0.25) is 0 Å². The van der Waals surface area contributed by atoms with Crippen molar-refractivity contribution in [3.8, 4) is 5.75 Å². The van der Waals surface area contributed by atoms with E-state index in [9.17, 15) is 9.90 Å². The Labute approximate surface area is 113 Å². The molecule has 19 heavy (non-hydrogen) atoms. The van der Waals surface area contributed by atoms with E-state index >= 15 is 0 Å². The lowest BCUT2D eigenvalue weighted by molar-refractivity contribution is -0.152.